The number of phosphoric ester groups is 2. The average molecular weight is 2180 g/mol. The van der Waals surface area contributed by atoms with Crippen LogP contribution in [-0.2, 0) is 158 Å². The number of thiol groups is 1. The van der Waals surface area contributed by atoms with Gasteiger partial charge in [0.15, 0.2) is 36.8 Å². The number of pyridine rings is 1. The molecule has 0 spiro atoms. The third-order valence-corrected chi connectivity index (χ3v) is 30.1. The number of rotatable bonds is 52. The van der Waals surface area contributed by atoms with Crippen molar-refractivity contribution in [2.45, 2.75) is 196 Å². The summed E-state index contributed by atoms with van der Waals surface area (Å²) in [5.41, 5.74) is 26.5. The van der Waals surface area contributed by atoms with Crippen LogP contribution in [-0.4, -0.2) is 325 Å². The summed E-state index contributed by atoms with van der Waals surface area (Å²) in [6, 6.07) is 1.54. The van der Waals surface area contributed by atoms with Gasteiger partial charge in [0.05, 0.1) is 123 Å². The highest BCUT2D eigenvalue weighted by Crippen LogP contribution is 2.60. The summed E-state index contributed by atoms with van der Waals surface area (Å²) in [5, 5.41) is 11.9. The fourth-order valence-electron chi connectivity index (χ4n) is 16.2. The number of aryl methyl sites for hydroxylation is 5. The molecule has 66 heteroatoms. The summed E-state index contributed by atoms with van der Waals surface area (Å²) in [4.78, 5) is 157. The van der Waals surface area contributed by atoms with Crippen LogP contribution in [0.25, 0.3) is 11.2 Å². The van der Waals surface area contributed by atoms with Crippen molar-refractivity contribution in [3.63, 3.8) is 0 Å². The number of methoxy groups -OCH3 is 5. The largest absolute Gasteiger partial charge is 0.472 e. The monoisotopic (exact) mass is 2180 g/mol. The molecule has 0 bridgehead atoms. The number of phosphoric acid groups is 2. The number of ether oxygens (including phenoxy) is 16. The third kappa shape index (κ3) is 27.6. The highest BCUT2D eigenvalue weighted by molar-refractivity contribution is 8.44. The number of nitrogens with one attached hydrogen (secondary N) is 1. The molecular formula is C77H115N18O40P5S3. The van der Waals surface area contributed by atoms with Crippen molar-refractivity contribution in [1.82, 2.24) is 62.3 Å². The van der Waals surface area contributed by atoms with E-state index < -0.39 is 251 Å². The van der Waals surface area contributed by atoms with E-state index in [4.69, 9.17) is 173 Å². The van der Waals surface area contributed by atoms with E-state index in [0.717, 1.165) is 24.5 Å². The summed E-state index contributed by atoms with van der Waals surface area (Å²) in [6.07, 6.45) is -28.0. The van der Waals surface area contributed by atoms with Crippen LogP contribution >= 0.6 is 48.1 Å². The smallest absolute Gasteiger partial charge is 0.397 e. The zero-order valence-electron chi connectivity index (χ0n) is 78.7. The van der Waals surface area contributed by atoms with E-state index in [1.54, 1.807) is 13.8 Å². The van der Waals surface area contributed by atoms with Gasteiger partial charge in [-0.05, 0) is 70.7 Å². The van der Waals surface area contributed by atoms with Gasteiger partial charge in [-0.25, -0.2) is 47.6 Å². The van der Waals surface area contributed by atoms with Crippen LogP contribution in [0.3, 0.4) is 0 Å². The molecule has 7 aromatic rings. The van der Waals surface area contributed by atoms with E-state index in [9.17, 15) is 53.4 Å². The Morgan fingerprint density at radius 2 is 0.776 bits per heavy atom. The van der Waals surface area contributed by atoms with Crippen molar-refractivity contribution in [2.24, 2.45) is 0 Å². The lowest BCUT2D eigenvalue weighted by Gasteiger charge is -2.30. The molecule has 0 amide bonds. The summed E-state index contributed by atoms with van der Waals surface area (Å²) in [5.74, 6) is -0.664. The summed E-state index contributed by atoms with van der Waals surface area (Å²) in [7, 11) is -5.09. The van der Waals surface area contributed by atoms with Crippen molar-refractivity contribution in [3.05, 3.63) is 140 Å². The number of H-pyrrole nitrogens is 1. The number of nitrogen functional groups attached to an aromatic ring is 5. The van der Waals surface area contributed by atoms with E-state index >= 15 is 13.7 Å². The minimum atomic E-state index is -5.95. The lowest BCUT2D eigenvalue weighted by atomic mass is 10.1. The van der Waals surface area contributed by atoms with Gasteiger partial charge in [0.2, 0.25) is 0 Å². The van der Waals surface area contributed by atoms with Crippen LogP contribution in [0.15, 0.2) is 78.3 Å². The summed E-state index contributed by atoms with van der Waals surface area (Å²) in [6.45, 7) is -12.6. The predicted molar refractivity (Wildman–Crippen MR) is 504 cm³/mol. The highest BCUT2D eigenvalue weighted by Gasteiger charge is 2.59. The number of hydrogen-bond acceptors (Lipinski definition) is 49. The van der Waals surface area contributed by atoms with Crippen molar-refractivity contribution in [1.29, 1.82) is 0 Å². The molecule has 143 heavy (non-hydrogen) atoms. The van der Waals surface area contributed by atoms with Crippen LogP contribution in [0.1, 0.15) is 85.0 Å². The Balaban J connectivity index is 0.793. The van der Waals surface area contributed by atoms with Gasteiger partial charge in [0.25, 0.3) is 5.56 Å². The Kier molecular flexibility index (Phi) is 38.9. The van der Waals surface area contributed by atoms with Gasteiger partial charge >= 0.3 is 64.3 Å². The average Bonchev–Trinajstić information content (AvgIpc) is 1.59. The lowest BCUT2D eigenvalue weighted by Crippen LogP contribution is -2.42. The van der Waals surface area contributed by atoms with Crippen molar-refractivity contribution in [3.8, 4) is 0 Å². The molecule has 13 heterocycles. The minimum Gasteiger partial charge on any atom is -0.397 e. The number of nitrogens with zero attached hydrogens (tertiary/aromatic N) is 12. The molecule has 6 fully saturated rings. The standard InChI is InChI=1S/C77H115N18O40P5S3/c1-12-43-44(25-50(125-43)90-26-37(2)62(79)85-73(90)98)131-138(107,141)123-34-48-54(59(117-22-17-112-9)70(129-48)94-30-41(6)67(97)89-77(94)102)133-136(103,104)120-32-46-53(58(116-21-16-111-8)69(127-46)91-27-38(3)63(80)86-74(91)99)132-137(105,106)121-33-47-55(60(118-23-18-113-10)71(128-47)92-28-39(4)64(81)87-75(92)100)134-140(109,143)124-35-49-56(61(119-24-19-114-11)72(130-49)93-29-40(5)65(82)88-76(93)101)135-139(108,142)122-31-45-52(96)57(115-20-15-110-7)68(126-45)95-36-84-51-42(78)13-14-83-66(51)95/h13-14,26-30,36,43-50,52-61,68-72,96H,12,15-25,31-35H2,1-11H3,(H2,78,83)(H,103,104)(H,105,106)(H,107,141)(H,108,142)(H,109,143)(H2,79,85,98)(H2,80,86,99)(H2,81,87,100)(H2,82,88,101)(H,89,97,102)/t43-,44?,45-,46-,47-,48-,49-,50-,52?,53?,54?,55?,56?,57+,58+,59+,60+,61+,68-,69-,70-,71-,72-,138?,139?,140?/m1/s1. The molecule has 58 nitrogen and oxygen atoms in total. The number of aliphatic hydroxyl groups excluding tert-OH is 1. The van der Waals surface area contributed by atoms with Crippen LogP contribution < -0.4 is 62.7 Å². The number of aliphatic hydroxyl groups is 1. The van der Waals surface area contributed by atoms with Crippen molar-refractivity contribution < 1.29 is 159 Å². The Hall–Kier alpha value is -7.08. The van der Waals surface area contributed by atoms with Gasteiger partial charge in [-0.3, -0.25) is 68.8 Å². The van der Waals surface area contributed by atoms with E-state index in [0.29, 0.717) is 11.1 Å². The highest BCUT2D eigenvalue weighted by atomic mass is 32.7. The molecule has 11 unspecified atom stereocenters. The summed E-state index contributed by atoms with van der Waals surface area (Å²) < 4.78 is 209. The van der Waals surface area contributed by atoms with E-state index in [1.807, 2.05) is 0 Å². The van der Waals surface area contributed by atoms with E-state index in [2.05, 4.69) is 47.1 Å². The van der Waals surface area contributed by atoms with Gasteiger partial charge in [-0.1, -0.05) is 19.2 Å². The molecule has 0 aliphatic carbocycles. The number of anilines is 5. The third-order valence-electron chi connectivity index (χ3n) is 23.3. The molecule has 7 aromatic heterocycles. The Morgan fingerprint density at radius 1 is 0.427 bits per heavy atom. The molecule has 796 valence electrons. The number of aromatic amines is 1. The number of aromatic nitrogens is 13. The second kappa shape index (κ2) is 49.1. The number of hydrogen-bond donors (Lipinski definition) is 12. The minimum absolute atomic E-state index is 0.0151. The van der Waals surface area contributed by atoms with Gasteiger partial charge in [0.1, 0.15) is 127 Å². The molecule has 28 atom stereocenters. The van der Waals surface area contributed by atoms with Gasteiger partial charge in [0, 0.05) is 107 Å². The molecule has 6 saturated heterocycles. The molecule has 6 aliphatic rings. The second-order valence-corrected chi connectivity index (χ2v) is 44.4. The molecule has 0 aromatic carbocycles. The van der Waals surface area contributed by atoms with Crippen LogP contribution in [0.4, 0.5) is 29.0 Å². The molecule has 6 aliphatic heterocycles. The fraction of sp³-hybridized carbons (Fsp3) is 0.662. The quantitative estimate of drug-likeness (QED) is 0.0134. The van der Waals surface area contributed by atoms with E-state index in [1.165, 1.54) is 116 Å². The van der Waals surface area contributed by atoms with Gasteiger partial charge in [-0.2, -0.15) is 19.9 Å². The first-order valence-electron chi connectivity index (χ1n) is 44.0. The van der Waals surface area contributed by atoms with E-state index in [-0.39, 0.29) is 129 Å². The topological polar surface area (TPSA) is 748 Å². The molecule has 16 N–H and O–H groups in total. The number of fused-ring (bicyclic) bond motifs is 1. The molecular weight excluding hydrogens is 2070 g/mol. The first-order valence-corrected chi connectivity index (χ1v) is 54.9. The number of imidazole rings is 1. The lowest BCUT2D eigenvalue weighted by molar-refractivity contribution is -0.0853. The Labute approximate surface area is 828 Å². The van der Waals surface area contributed by atoms with Gasteiger partial charge < -0.3 is 143 Å². The van der Waals surface area contributed by atoms with Crippen molar-refractivity contribution in [2.75, 3.05) is 163 Å². The molecule has 13 rings (SSSR count). The second-order valence-electron chi connectivity index (χ2n) is 33.2. The van der Waals surface area contributed by atoms with Gasteiger partial charge in [-0.15, -0.1) is 0 Å². The maximum absolute atomic E-state index is 15.6. The fourth-order valence-corrected chi connectivity index (χ4v) is 22.5. The zero-order chi connectivity index (χ0) is 104. The Bertz CT molecular complexity index is 6220. The maximum Gasteiger partial charge on any atom is 0.472 e. The first kappa shape index (κ1) is 113. The van der Waals surface area contributed by atoms with Crippen LogP contribution in [0.5, 0.6) is 0 Å². The Morgan fingerprint density at radius 3 is 1.20 bits per heavy atom. The molecule has 0 saturated carbocycles. The predicted octanol–water partition coefficient (Wildman–Crippen LogP) is -0.153. The normalized spacial score (nSPS) is 29.4. The first-order chi connectivity index (χ1) is 67.8. The van der Waals surface area contributed by atoms with Crippen LogP contribution in [0.2, 0.25) is 0 Å². The SMILES string of the molecule is CC[C@H]1O[C@@H](n2cc(C)c(N)nc2=O)CC1OP(O)(=S)OC[C@H]1O[C@@H](n2cc(C)c(=O)[nH]c2=O)[C@@H](OCCOC)C1OP(=O)(O)OC[C@H]1O[C@@H](n2cc(C)c(N)nc2=O)[C@@H](OCCOC)C1OP(=O)(O)OC[C@H]1O[C@@H](n2cc(C)c(N)nc2=O)[C@@H](OCCOC)C1OP(=O)(S)OC[C@H]1O[C@@H](n2cc(C)c(N)nc2=O)[C@@H](OCCOC)C1OP(O)(=S)OC[C@H]1O[C@@H](n2cnc3c(N)ccnc32)[C@@H](OCCOC)C1O. The summed E-state index contributed by atoms with van der Waals surface area (Å²) >= 11 is 15.7. The molecule has 0 radical (unpaired) electrons. The van der Waals surface area contributed by atoms with Crippen molar-refractivity contribution >= 4 is 112 Å². The zero-order valence-corrected chi connectivity index (χ0v) is 85.7. The number of nitrogens with two attached hydrogens (primary N) is 5. The maximum atomic E-state index is 15.6. The van der Waals surface area contributed by atoms with Crippen LogP contribution in [0, 0.1) is 34.6 Å².